The van der Waals surface area contributed by atoms with Crippen molar-refractivity contribution in [3.05, 3.63) is 15.6 Å². The van der Waals surface area contributed by atoms with E-state index in [0.29, 0.717) is 19.0 Å². The summed E-state index contributed by atoms with van der Waals surface area (Å²) in [7, 11) is 0. The summed E-state index contributed by atoms with van der Waals surface area (Å²) in [6.07, 6.45) is 1.78. The van der Waals surface area contributed by atoms with E-state index in [1.165, 1.54) is 0 Å². The lowest BCUT2D eigenvalue weighted by atomic mass is 9.97. The molecule has 1 aromatic heterocycles. The van der Waals surface area contributed by atoms with Crippen molar-refractivity contribution in [2.75, 3.05) is 19.6 Å². The van der Waals surface area contributed by atoms with Gasteiger partial charge in [0.15, 0.2) is 0 Å². The molecule has 0 aliphatic carbocycles. The fourth-order valence-corrected chi connectivity index (χ4v) is 3.82. The van der Waals surface area contributed by atoms with Gasteiger partial charge in [0.2, 0.25) is 11.8 Å². The van der Waals surface area contributed by atoms with E-state index in [-0.39, 0.29) is 24.3 Å². The van der Waals surface area contributed by atoms with Crippen molar-refractivity contribution in [2.24, 2.45) is 11.7 Å². The molecule has 1 atom stereocenters. The van der Waals surface area contributed by atoms with Crippen LogP contribution < -0.4 is 11.1 Å². The second kappa shape index (κ2) is 7.88. The number of hydrogen-bond acceptors (Lipinski definition) is 5. The van der Waals surface area contributed by atoms with E-state index in [2.05, 4.69) is 24.1 Å². The maximum atomic E-state index is 12.4. The number of piperidine rings is 1. The second-order valence-corrected chi connectivity index (χ2v) is 7.59. The number of nitrogens with two attached hydrogens (primary N) is 1. The molecule has 0 spiro atoms. The fraction of sp³-hybridized carbons (Fsp3) is 0.688. The minimum absolute atomic E-state index is 0.0538. The Kier molecular flexibility index (Phi) is 6.12. The van der Waals surface area contributed by atoms with Gasteiger partial charge in [0.25, 0.3) is 0 Å². The second-order valence-electron chi connectivity index (χ2n) is 6.47. The molecule has 6 nitrogen and oxygen atoms in total. The van der Waals surface area contributed by atoms with Crippen LogP contribution in [-0.2, 0) is 16.1 Å². The van der Waals surface area contributed by atoms with E-state index in [1.807, 2.05) is 11.8 Å². The lowest BCUT2D eigenvalue weighted by molar-refractivity contribution is -0.128. The maximum absolute atomic E-state index is 12.4. The van der Waals surface area contributed by atoms with Gasteiger partial charge in [-0.3, -0.25) is 14.5 Å². The Hall–Kier alpha value is -1.47. The number of rotatable bonds is 6. The Labute approximate surface area is 141 Å². The van der Waals surface area contributed by atoms with Crippen molar-refractivity contribution >= 4 is 23.2 Å². The molecule has 1 aromatic rings. The molecule has 1 aliphatic rings. The average Bonchev–Trinajstić information content (AvgIpc) is 2.86. The number of amides is 2. The van der Waals surface area contributed by atoms with Crippen molar-refractivity contribution in [2.45, 2.75) is 46.1 Å². The highest BCUT2D eigenvalue weighted by molar-refractivity contribution is 7.11. The Morgan fingerprint density at radius 2 is 2.22 bits per heavy atom. The Bertz CT molecular complexity index is 570. The van der Waals surface area contributed by atoms with Gasteiger partial charge in [0, 0.05) is 17.3 Å². The first-order valence-corrected chi connectivity index (χ1v) is 8.93. The lowest BCUT2D eigenvalue weighted by Gasteiger charge is -2.30. The van der Waals surface area contributed by atoms with E-state index in [0.717, 1.165) is 35.0 Å². The number of carbonyl (C=O) groups is 2. The van der Waals surface area contributed by atoms with Crippen molar-refractivity contribution < 1.29 is 9.59 Å². The smallest absolute Gasteiger partial charge is 0.231 e. The van der Waals surface area contributed by atoms with Crippen LogP contribution in [0.5, 0.6) is 0 Å². The Morgan fingerprint density at radius 1 is 1.48 bits per heavy atom. The molecule has 2 rings (SSSR count). The number of hydrogen-bond donors (Lipinski definition) is 2. The summed E-state index contributed by atoms with van der Waals surface area (Å²) < 4.78 is 0. The molecule has 0 radical (unpaired) electrons. The van der Waals surface area contributed by atoms with Crippen molar-refractivity contribution in [1.82, 2.24) is 15.2 Å². The van der Waals surface area contributed by atoms with Crippen molar-refractivity contribution in [1.29, 1.82) is 0 Å². The zero-order valence-electron chi connectivity index (χ0n) is 14.1. The highest BCUT2D eigenvalue weighted by Gasteiger charge is 2.26. The zero-order valence-corrected chi connectivity index (χ0v) is 14.9. The largest absolute Gasteiger partial charge is 0.369 e. The van der Waals surface area contributed by atoms with Crippen LogP contribution in [0.15, 0.2) is 0 Å². The van der Waals surface area contributed by atoms with Crippen LogP contribution >= 0.6 is 11.3 Å². The topological polar surface area (TPSA) is 88.3 Å². The molecule has 2 heterocycles. The number of aromatic nitrogens is 1. The van der Waals surface area contributed by atoms with E-state index < -0.39 is 0 Å². The van der Waals surface area contributed by atoms with Crippen LogP contribution in [-0.4, -0.2) is 41.3 Å². The van der Waals surface area contributed by atoms with E-state index in [1.54, 1.807) is 11.3 Å². The first kappa shape index (κ1) is 17.9. The molecule has 0 aromatic carbocycles. The minimum atomic E-state index is -0.340. The van der Waals surface area contributed by atoms with Crippen LogP contribution in [0.3, 0.4) is 0 Å². The van der Waals surface area contributed by atoms with Gasteiger partial charge in [-0.2, -0.15) is 0 Å². The van der Waals surface area contributed by atoms with Crippen LogP contribution in [0.4, 0.5) is 0 Å². The molecule has 7 heteroatoms. The highest BCUT2D eigenvalue weighted by atomic mass is 32.1. The SMILES string of the molecule is Cc1nc(C(C)C)sc1CNC(=O)[C@H]1CCCN(CC(N)=O)C1. The molecule has 1 saturated heterocycles. The minimum Gasteiger partial charge on any atom is -0.369 e. The number of carbonyl (C=O) groups excluding carboxylic acids is 2. The maximum Gasteiger partial charge on any atom is 0.231 e. The highest BCUT2D eigenvalue weighted by Crippen LogP contribution is 2.24. The fourth-order valence-electron chi connectivity index (χ4n) is 2.81. The standard InChI is InChI=1S/C16H26N4O2S/c1-10(2)16-19-11(3)13(23-16)7-18-15(22)12-5-4-6-20(8-12)9-14(17)21/h10,12H,4-9H2,1-3H3,(H2,17,21)(H,18,22)/t12-/m0/s1. The van der Waals surface area contributed by atoms with Gasteiger partial charge < -0.3 is 11.1 Å². The third kappa shape index (κ3) is 5.00. The number of thiazole rings is 1. The molecule has 2 amide bonds. The van der Waals surface area contributed by atoms with Crippen LogP contribution in [0.25, 0.3) is 0 Å². The Morgan fingerprint density at radius 3 is 2.83 bits per heavy atom. The monoisotopic (exact) mass is 338 g/mol. The lowest BCUT2D eigenvalue weighted by Crippen LogP contribution is -2.45. The van der Waals surface area contributed by atoms with Gasteiger partial charge in [-0.25, -0.2) is 4.98 Å². The number of nitrogens with one attached hydrogen (secondary N) is 1. The van der Waals surface area contributed by atoms with Gasteiger partial charge in [-0.1, -0.05) is 13.8 Å². The first-order chi connectivity index (χ1) is 10.9. The number of nitrogens with zero attached hydrogens (tertiary/aromatic N) is 2. The predicted molar refractivity (Wildman–Crippen MR) is 91.1 cm³/mol. The zero-order chi connectivity index (χ0) is 17.0. The van der Waals surface area contributed by atoms with Gasteiger partial charge in [-0.05, 0) is 26.3 Å². The van der Waals surface area contributed by atoms with E-state index >= 15 is 0 Å². The molecule has 0 saturated carbocycles. The van der Waals surface area contributed by atoms with E-state index in [9.17, 15) is 9.59 Å². The summed E-state index contributed by atoms with van der Waals surface area (Å²) in [5, 5.41) is 4.13. The third-order valence-electron chi connectivity index (χ3n) is 4.08. The number of likely N-dealkylation sites (tertiary alicyclic amines) is 1. The number of primary amides is 1. The summed E-state index contributed by atoms with van der Waals surface area (Å²) in [5.74, 6) is 0.0513. The summed E-state index contributed by atoms with van der Waals surface area (Å²) in [6.45, 7) is 8.42. The van der Waals surface area contributed by atoms with Crippen molar-refractivity contribution in [3.63, 3.8) is 0 Å². The molecular weight excluding hydrogens is 312 g/mol. The predicted octanol–water partition coefficient (Wildman–Crippen LogP) is 1.39. The van der Waals surface area contributed by atoms with Gasteiger partial charge in [0.1, 0.15) is 0 Å². The number of aryl methyl sites for hydroxylation is 1. The third-order valence-corrected chi connectivity index (χ3v) is 5.54. The van der Waals surface area contributed by atoms with Crippen LogP contribution in [0, 0.1) is 12.8 Å². The Balaban J connectivity index is 1.88. The first-order valence-electron chi connectivity index (χ1n) is 8.11. The molecule has 0 bridgehead atoms. The van der Waals surface area contributed by atoms with Crippen molar-refractivity contribution in [3.8, 4) is 0 Å². The molecular formula is C16H26N4O2S. The molecule has 23 heavy (non-hydrogen) atoms. The summed E-state index contributed by atoms with van der Waals surface area (Å²) in [4.78, 5) is 31.0. The normalized spacial score (nSPS) is 19.0. The van der Waals surface area contributed by atoms with Crippen LogP contribution in [0.1, 0.15) is 48.2 Å². The molecule has 0 unspecified atom stereocenters. The molecule has 128 valence electrons. The molecule has 1 fully saturated rings. The van der Waals surface area contributed by atoms with Gasteiger partial charge in [-0.15, -0.1) is 11.3 Å². The molecule has 1 aliphatic heterocycles. The summed E-state index contributed by atoms with van der Waals surface area (Å²) >= 11 is 1.67. The van der Waals surface area contributed by atoms with Crippen LogP contribution in [0.2, 0.25) is 0 Å². The summed E-state index contributed by atoms with van der Waals surface area (Å²) in [6, 6.07) is 0. The average molecular weight is 338 g/mol. The molecule has 3 N–H and O–H groups in total. The summed E-state index contributed by atoms with van der Waals surface area (Å²) in [5.41, 5.74) is 6.23. The van der Waals surface area contributed by atoms with Gasteiger partial charge >= 0.3 is 0 Å². The van der Waals surface area contributed by atoms with Gasteiger partial charge in [0.05, 0.1) is 29.7 Å². The quantitative estimate of drug-likeness (QED) is 0.820. The van der Waals surface area contributed by atoms with E-state index in [4.69, 9.17) is 5.73 Å².